The molecule has 2 aliphatic carbocycles. The smallest absolute Gasteiger partial charge is 0.0756 e. The molecule has 2 heteroatoms. The molecule has 0 aromatic rings. The van der Waals surface area contributed by atoms with Gasteiger partial charge in [0.15, 0.2) is 0 Å². The van der Waals surface area contributed by atoms with Gasteiger partial charge in [0.2, 0.25) is 0 Å². The molecule has 0 amide bonds. The maximum absolute atomic E-state index is 9.72. The fraction of sp³-hybridized carbons (Fsp3) is 0.800. The van der Waals surface area contributed by atoms with Crippen LogP contribution in [0.5, 0.6) is 0 Å². The lowest BCUT2D eigenvalue weighted by molar-refractivity contribution is 0.153. The Labute approximate surface area is 87.4 Å². The summed E-state index contributed by atoms with van der Waals surface area (Å²) in [6.07, 6.45) is 7.13. The van der Waals surface area contributed by atoms with E-state index < -0.39 is 0 Å². The molecule has 2 rings (SSSR count). The molecule has 12 heavy (non-hydrogen) atoms. The van der Waals surface area contributed by atoms with Gasteiger partial charge >= 0.3 is 0 Å². The second-order valence-corrected chi connectivity index (χ2v) is 4.86. The van der Waals surface area contributed by atoms with E-state index in [1.807, 2.05) is 10.2 Å². The van der Waals surface area contributed by atoms with Crippen molar-refractivity contribution in [1.82, 2.24) is 0 Å². The molecule has 1 N–H and O–H groups in total. The normalized spacial score (nSPS) is 42.7. The Morgan fingerprint density at radius 1 is 1.25 bits per heavy atom. The van der Waals surface area contributed by atoms with Gasteiger partial charge in [0, 0.05) is 0 Å². The number of halogens is 1. The maximum Gasteiger partial charge on any atom is 0.0756 e. The van der Waals surface area contributed by atoms with Crippen LogP contribution in [0.1, 0.15) is 25.7 Å². The minimum atomic E-state index is -0.174. The molecule has 2 saturated carbocycles. The minimum Gasteiger partial charge on any atom is -0.389 e. The second-order valence-electron chi connectivity index (χ2n) is 4.14. The molecular weight excluding hydrogens is 263 g/mol. The number of fused-ring (bicyclic) bond motifs is 1. The van der Waals surface area contributed by atoms with E-state index in [-0.39, 0.29) is 6.10 Å². The lowest BCUT2D eigenvalue weighted by atomic mass is 9.77. The van der Waals surface area contributed by atoms with Gasteiger partial charge in [-0.05, 0) is 53.6 Å². The zero-order valence-corrected chi connectivity index (χ0v) is 9.28. The van der Waals surface area contributed by atoms with Gasteiger partial charge in [0.05, 0.1) is 6.10 Å². The van der Waals surface area contributed by atoms with Crippen molar-refractivity contribution in [2.45, 2.75) is 31.8 Å². The van der Waals surface area contributed by atoms with Crippen LogP contribution >= 0.6 is 22.6 Å². The average molecular weight is 278 g/mol. The lowest BCUT2D eigenvalue weighted by Gasteiger charge is -2.29. The van der Waals surface area contributed by atoms with Crippen molar-refractivity contribution < 1.29 is 5.11 Å². The van der Waals surface area contributed by atoms with Crippen molar-refractivity contribution >= 4 is 22.6 Å². The number of aliphatic hydroxyl groups is 1. The molecule has 0 spiro atoms. The first-order valence-electron chi connectivity index (χ1n) is 4.76. The van der Waals surface area contributed by atoms with E-state index in [9.17, 15) is 5.11 Å². The molecular formula is C10H15IO. The van der Waals surface area contributed by atoms with Crippen molar-refractivity contribution in [3.05, 3.63) is 10.2 Å². The summed E-state index contributed by atoms with van der Waals surface area (Å²) in [4.78, 5) is 0. The summed E-state index contributed by atoms with van der Waals surface area (Å²) in [5, 5.41) is 9.72. The van der Waals surface area contributed by atoms with Crippen LogP contribution in [0.4, 0.5) is 0 Å². The zero-order valence-electron chi connectivity index (χ0n) is 7.12. The van der Waals surface area contributed by atoms with Gasteiger partial charge in [0.1, 0.15) is 0 Å². The van der Waals surface area contributed by atoms with Crippen molar-refractivity contribution in [2.24, 2.45) is 17.8 Å². The van der Waals surface area contributed by atoms with E-state index >= 15 is 0 Å². The SMILES string of the molecule is OC(/C=C/I)C1CC2CCC2C1. The molecule has 3 unspecified atom stereocenters. The van der Waals surface area contributed by atoms with E-state index in [4.69, 9.17) is 0 Å². The lowest BCUT2D eigenvalue weighted by Crippen LogP contribution is -2.18. The highest BCUT2D eigenvalue weighted by Crippen LogP contribution is 2.50. The highest BCUT2D eigenvalue weighted by Gasteiger charge is 2.41. The zero-order chi connectivity index (χ0) is 8.55. The Morgan fingerprint density at radius 2 is 1.83 bits per heavy atom. The van der Waals surface area contributed by atoms with E-state index in [1.54, 1.807) is 0 Å². The van der Waals surface area contributed by atoms with Crippen LogP contribution in [0.3, 0.4) is 0 Å². The predicted octanol–water partition coefficient (Wildman–Crippen LogP) is 2.73. The van der Waals surface area contributed by atoms with Crippen molar-refractivity contribution in [1.29, 1.82) is 0 Å². The fourth-order valence-corrected chi connectivity index (χ4v) is 3.07. The van der Waals surface area contributed by atoms with Gasteiger partial charge in [0.25, 0.3) is 0 Å². The van der Waals surface area contributed by atoms with Crippen LogP contribution in [-0.4, -0.2) is 11.2 Å². The van der Waals surface area contributed by atoms with Gasteiger partial charge in [-0.2, -0.15) is 0 Å². The van der Waals surface area contributed by atoms with E-state index in [0.717, 1.165) is 11.8 Å². The standard InChI is InChI=1S/C10H15IO/c11-4-3-10(12)9-5-7-1-2-8(7)6-9/h3-4,7-10,12H,1-2,5-6H2/b4-3+. The highest BCUT2D eigenvalue weighted by molar-refractivity contribution is 14.1. The van der Waals surface area contributed by atoms with Gasteiger partial charge in [-0.3, -0.25) is 0 Å². The first-order chi connectivity index (χ1) is 5.81. The van der Waals surface area contributed by atoms with Gasteiger partial charge in [-0.15, -0.1) is 0 Å². The summed E-state index contributed by atoms with van der Waals surface area (Å²) in [6.45, 7) is 0. The Balaban J connectivity index is 1.89. The third-order valence-electron chi connectivity index (χ3n) is 3.54. The number of hydrogen-bond acceptors (Lipinski definition) is 1. The number of aliphatic hydroxyl groups excluding tert-OH is 1. The van der Waals surface area contributed by atoms with Crippen LogP contribution in [0.2, 0.25) is 0 Å². The van der Waals surface area contributed by atoms with E-state index in [2.05, 4.69) is 22.6 Å². The monoisotopic (exact) mass is 278 g/mol. The molecule has 2 aliphatic rings. The Kier molecular flexibility index (Phi) is 2.75. The Morgan fingerprint density at radius 3 is 2.25 bits per heavy atom. The summed E-state index contributed by atoms with van der Waals surface area (Å²) < 4.78 is 1.93. The van der Waals surface area contributed by atoms with Crippen LogP contribution in [0.25, 0.3) is 0 Å². The third kappa shape index (κ3) is 1.55. The van der Waals surface area contributed by atoms with Crippen molar-refractivity contribution in [3.63, 3.8) is 0 Å². The summed E-state index contributed by atoms with van der Waals surface area (Å²) in [5.41, 5.74) is 0. The van der Waals surface area contributed by atoms with Gasteiger partial charge in [-0.1, -0.05) is 22.6 Å². The first kappa shape index (κ1) is 9.00. The van der Waals surface area contributed by atoms with Gasteiger partial charge in [-0.25, -0.2) is 0 Å². The largest absolute Gasteiger partial charge is 0.389 e. The summed E-state index contributed by atoms with van der Waals surface area (Å²) in [5.74, 6) is 2.49. The summed E-state index contributed by atoms with van der Waals surface area (Å²) >= 11 is 2.17. The molecule has 0 bridgehead atoms. The molecule has 0 aromatic heterocycles. The fourth-order valence-electron chi connectivity index (χ4n) is 2.64. The molecule has 0 saturated heterocycles. The van der Waals surface area contributed by atoms with Crippen molar-refractivity contribution in [3.8, 4) is 0 Å². The third-order valence-corrected chi connectivity index (χ3v) is 3.95. The molecule has 0 heterocycles. The molecule has 68 valence electrons. The number of hydrogen-bond donors (Lipinski definition) is 1. The summed E-state index contributed by atoms with van der Waals surface area (Å²) in [6, 6.07) is 0. The van der Waals surface area contributed by atoms with Crippen molar-refractivity contribution in [2.75, 3.05) is 0 Å². The molecule has 0 aliphatic heterocycles. The maximum atomic E-state index is 9.72. The van der Waals surface area contributed by atoms with Crippen LogP contribution in [-0.2, 0) is 0 Å². The second kappa shape index (κ2) is 3.66. The topological polar surface area (TPSA) is 20.2 Å². The molecule has 0 aromatic carbocycles. The Hall–Kier alpha value is 0.430. The Bertz CT molecular complexity index is 178. The van der Waals surface area contributed by atoms with Crippen LogP contribution < -0.4 is 0 Å². The molecule has 1 nitrogen and oxygen atoms in total. The van der Waals surface area contributed by atoms with Crippen LogP contribution in [0, 0.1) is 17.8 Å². The van der Waals surface area contributed by atoms with E-state index in [0.29, 0.717) is 5.92 Å². The van der Waals surface area contributed by atoms with Gasteiger partial charge < -0.3 is 5.11 Å². The predicted molar refractivity (Wildman–Crippen MR) is 58.1 cm³/mol. The quantitative estimate of drug-likeness (QED) is 0.770. The first-order valence-corrected chi connectivity index (χ1v) is 6.00. The number of rotatable bonds is 2. The highest BCUT2D eigenvalue weighted by atomic mass is 127. The van der Waals surface area contributed by atoms with E-state index in [1.165, 1.54) is 25.7 Å². The minimum absolute atomic E-state index is 0.174. The summed E-state index contributed by atoms with van der Waals surface area (Å²) in [7, 11) is 0. The average Bonchev–Trinajstić information content (AvgIpc) is 2.29. The molecule has 2 fully saturated rings. The molecule has 3 atom stereocenters. The van der Waals surface area contributed by atoms with Crippen LogP contribution in [0.15, 0.2) is 10.2 Å². The molecule has 0 radical (unpaired) electrons.